The second kappa shape index (κ2) is 5.00. The number of carbonyl (C=O) groups is 2. The topological polar surface area (TPSA) is 57.6 Å². The Morgan fingerprint density at radius 2 is 2.16 bits per heavy atom. The van der Waals surface area contributed by atoms with Crippen molar-refractivity contribution >= 4 is 46.6 Å². The van der Waals surface area contributed by atoms with Crippen LogP contribution in [0.15, 0.2) is 11.4 Å². The lowest BCUT2D eigenvalue weighted by Gasteiger charge is -2.27. The Hall–Kier alpha value is -0.720. The van der Waals surface area contributed by atoms with Crippen LogP contribution in [0.3, 0.4) is 0 Å². The molecule has 0 spiro atoms. The van der Waals surface area contributed by atoms with Crippen LogP contribution < -0.4 is 0 Å². The molecule has 19 heavy (non-hydrogen) atoms. The number of rotatable bonds is 3. The molecule has 1 saturated carbocycles. The first-order chi connectivity index (χ1) is 9.09. The van der Waals surface area contributed by atoms with Gasteiger partial charge in [-0.15, -0.1) is 23.1 Å². The maximum atomic E-state index is 12.6. The second-order valence-electron chi connectivity index (χ2n) is 4.73. The van der Waals surface area contributed by atoms with Crippen molar-refractivity contribution in [1.29, 1.82) is 0 Å². The molecule has 2 heterocycles. The van der Waals surface area contributed by atoms with Gasteiger partial charge in [-0.05, 0) is 30.2 Å². The maximum absolute atomic E-state index is 12.6. The summed E-state index contributed by atoms with van der Waals surface area (Å²) in [5.41, 5.74) is 0. The van der Waals surface area contributed by atoms with E-state index in [9.17, 15) is 14.7 Å². The highest BCUT2D eigenvalue weighted by molar-refractivity contribution is 8.00. The molecule has 1 saturated heterocycles. The van der Waals surface area contributed by atoms with Crippen LogP contribution in [0.25, 0.3) is 0 Å². The van der Waals surface area contributed by atoms with Crippen molar-refractivity contribution in [3.63, 3.8) is 0 Å². The van der Waals surface area contributed by atoms with Crippen molar-refractivity contribution in [3.05, 3.63) is 21.3 Å². The molecule has 0 bridgehead atoms. The summed E-state index contributed by atoms with van der Waals surface area (Å²) in [5.74, 6) is -0.270. The number of nitrogens with zero attached hydrogens (tertiary/aromatic N) is 1. The standard InChI is InChI=1S/C12H12ClNO3S2/c13-7-3-4-18-9(7)10(15)14-8(12(16)17)5-19-11(14)6-1-2-6/h3-4,6,8,11H,1-2,5H2,(H,16,17). The van der Waals surface area contributed by atoms with E-state index in [1.165, 1.54) is 16.2 Å². The molecule has 7 heteroatoms. The fourth-order valence-electron chi connectivity index (χ4n) is 2.28. The molecule has 102 valence electrons. The first kappa shape index (κ1) is 13.3. The highest BCUT2D eigenvalue weighted by Gasteiger charge is 2.48. The van der Waals surface area contributed by atoms with E-state index in [1.54, 1.807) is 23.2 Å². The number of hydrogen-bond donors (Lipinski definition) is 1. The number of hydrogen-bond acceptors (Lipinski definition) is 4. The molecule has 2 aliphatic rings. The Kier molecular flexibility index (Phi) is 3.49. The Balaban J connectivity index is 1.91. The SMILES string of the molecule is O=C(O)C1CSC(C2CC2)N1C(=O)c1sccc1Cl. The quantitative estimate of drug-likeness (QED) is 0.931. The van der Waals surface area contributed by atoms with E-state index < -0.39 is 12.0 Å². The van der Waals surface area contributed by atoms with Crippen LogP contribution in [0.4, 0.5) is 0 Å². The molecule has 1 aromatic heterocycles. The van der Waals surface area contributed by atoms with Crippen LogP contribution >= 0.6 is 34.7 Å². The number of thioether (sulfide) groups is 1. The zero-order chi connectivity index (χ0) is 13.6. The van der Waals surface area contributed by atoms with Crippen molar-refractivity contribution in [3.8, 4) is 0 Å². The van der Waals surface area contributed by atoms with E-state index in [0.717, 1.165) is 12.8 Å². The summed E-state index contributed by atoms with van der Waals surface area (Å²) in [5, 5.41) is 11.4. The van der Waals surface area contributed by atoms with Gasteiger partial charge in [0.1, 0.15) is 10.9 Å². The van der Waals surface area contributed by atoms with E-state index in [1.807, 2.05) is 0 Å². The molecule has 1 amide bonds. The Morgan fingerprint density at radius 3 is 2.68 bits per heavy atom. The van der Waals surface area contributed by atoms with E-state index in [-0.39, 0.29) is 11.3 Å². The zero-order valence-corrected chi connectivity index (χ0v) is 12.3. The molecule has 2 atom stereocenters. The Morgan fingerprint density at radius 1 is 1.42 bits per heavy atom. The molecule has 1 aliphatic carbocycles. The summed E-state index contributed by atoms with van der Waals surface area (Å²) in [7, 11) is 0. The van der Waals surface area contributed by atoms with Crippen LogP contribution in [0, 0.1) is 5.92 Å². The number of amides is 1. The molecule has 2 fully saturated rings. The van der Waals surface area contributed by atoms with Crippen LogP contribution in [-0.4, -0.2) is 39.1 Å². The third-order valence-electron chi connectivity index (χ3n) is 3.39. The summed E-state index contributed by atoms with van der Waals surface area (Å²) in [6.45, 7) is 0. The number of halogens is 1. The first-order valence-corrected chi connectivity index (χ1v) is 8.30. The molecular weight excluding hydrogens is 306 g/mol. The van der Waals surface area contributed by atoms with E-state index in [0.29, 0.717) is 21.6 Å². The van der Waals surface area contributed by atoms with Crippen LogP contribution in [0.5, 0.6) is 0 Å². The molecule has 4 nitrogen and oxygen atoms in total. The first-order valence-electron chi connectivity index (χ1n) is 5.99. The smallest absolute Gasteiger partial charge is 0.327 e. The second-order valence-corrected chi connectivity index (χ2v) is 7.20. The molecule has 0 aromatic carbocycles. The van der Waals surface area contributed by atoms with Crippen molar-refractivity contribution in [2.24, 2.45) is 5.92 Å². The minimum absolute atomic E-state index is 0.00762. The maximum Gasteiger partial charge on any atom is 0.327 e. The van der Waals surface area contributed by atoms with Gasteiger partial charge in [0.15, 0.2) is 0 Å². The van der Waals surface area contributed by atoms with E-state index >= 15 is 0 Å². The number of thiophene rings is 1. The summed E-state index contributed by atoms with van der Waals surface area (Å²) in [6, 6.07) is 0.936. The van der Waals surface area contributed by atoms with E-state index in [4.69, 9.17) is 11.6 Å². The third kappa shape index (κ3) is 2.37. The number of carboxylic acids is 1. The summed E-state index contributed by atoms with van der Waals surface area (Å²) in [6.07, 6.45) is 2.15. The lowest BCUT2D eigenvalue weighted by atomic mass is 10.2. The molecular formula is C12H12ClNO3S2. The van der Waals surface area contributed by atoms with Crippen molar-refractivity contribution in [2.45, 2.75) is 24.3 Å². The third-order valence-corrected chi connectivity index (χ3v) is 6.18. The molecule has 3 rings (SSSR count). The lowest BCUT2D eigenvalue weighted by Crippen LogP contribution is -2.46. The van der Waals surface area contributed by atoms with Gasteiger partial charge in [0.25, 0.3) is 5.91 Å². The predicted octanol–water partition coefficient (Wildman–Crippen LogP) is 2.78. The van der Waals surface area contributed by atoms with Gasteiger partial charge < -0.3 is 10.0 Å². The Labute approximate surface area is 123 Å². The number of carbonyl (C=O) groups excluding carboxylic acids is 1. The number of aliphatic carboxylic acids is 1. The van der Waals surface area contributed by atoms with Crippen LogP contribution in [-0.2, 0) is 4.79 Å². The zero-order valence-electron chi connectivity index (χ0n) is 9.91. The fourth-order valence-corrected chi connectivity index (χ4v) is 4.99. The lowest BCUT2D eigenvalue weighted by molar-refractivity contribution is -0.141. The Bertz CT molecular complexity index is 529. The monoisotopic (exact) mass is 317 g/mol. The van der Waals surface area contributed by atoms with Gasteiger partial charge in [0.2, 0.25) is 0 Å². The molecule has 1 aromatic rings. The highest BCUT2D eigenvalue weighted by atomic mass is 35.5. The molecule has 1 aliphatic heterocycles. The molecule has 0 radical (unpaired) electrons. The number of carboxylic acid groups (broad SMARTS) is 1. The van der Waals surface area contributed by atoms with Gasteiger partial charge >= 0.3 is 5.97 Å². The van der Waals surface area contributed by atoms with Crippen molar-refractivity contribution in [2.75, 3.05) is 5.75 Å². The summed E-state index contributed by atoms with van der Waals surface area (Å²) in [4.78, 5) is 25.9. The minimum Gasteiger partial charge on any atom is -0.480 e. The average Bonchev–Trinajstić information content (AvgIpc) is 2.97. The summed E-state index contributed by atoms with van der Waals surface area (Å²) < 4.78 is 0. The van der Waals surface area contributed by atoms with Gasteiger partial charge in [0.05, 0.1) is 10.4 Å². The van der Waals surface area contributed by atoms with Gasteiger partial charge in [-0.25, -0.2) is 4.79 Å². The molecule has 1 N–H and O–H groups in total. The van der Waals surface area contributed by atoms with Gasteiger partial charge in [-0.2, -0.15) is 0 Å². The van der Waals surface area contributed by atoms with Crippen molar-refractivity contribution < 1.29 is 14.7 Å². The fraction of sp³-hybridized carbons (Fsp3) is 0.500. The average molecular weight is 318 g/mol. The van der Waals surface area contributed by atoms with Crippen LogP contribution in [0.2, 0.25) is 5.02 Å². The highest BCUT2D eigenvalue weighted by Crippen LogP contribution is 2.46. The van der Waals surface area contributed by atoms with Crippen LogP contribution in [0.1, 0.15) is 22.5 Å². The van der Waals surface area contributed by atoms with E-state index in [2.05, 4.69) is 0 Å². The molecule has 2 unspecified atom stereocenters. The van der Waals surface area contributed by atoms with Crippen molar-refractivity contribution in [1.82, 2.24) is 4.90 Å². The predicted molar refractivity (Wildman–Crippen MR) is 75.9 cm³/mol. The van der Waals surface area contributed by atoms with Gasteiger partial charge in [-0.3, -0.25) is 4.79 Å². The van der Waals surface area contributed by atoms with Gasteiger partial charge in [-0.1, -0.05) is 11.6 Å². The van der Waals surface area contributed by atoms with Gasteiger partial charge in [0, 0.05) is 5.75 Å². The summed E-state index contributed by atoms with van der Waals surface area (Å²) >= 11 is 8.83. The minimum atomic E-state index is -0.934. The largest absolute Gasteiger partial charge is 0.480 e. The normalized spacial score (nSPS) is 26.7.